The number of amides is 1. The number of thioether (sulfide) groups is 1. The topological polar surface area (TPSA) is 41.6 Å². The Balaban J connectivity index is 0.00000180. The molecule has 6 heteroatoms. The van der Waals surface area contributed by atoms with Gasteiger partial charge in [0.1, 0.15) is 0 Å². The fourth-order valence-corrected chi connectivity index (χ4v) is 3.48. The minimum atomic E-state index is 0. The summed E-state index contributed by atoms with van der Waals surface area (Å²) in [5, 5.41) is 3.42. The molecule has 4 nitrogen and oxygen atoms in total. The summed E-state index contributed by atoms with van der Waals surface area (Å²) in [5.41, 5.74) is 0. The van der Waals surface area contributed by atoms with E-state index in [2.05, 4.69) is 12.2 Å². The van der Waals surface area contributed by atoms with E-state index in [9.17, 15) is 4.79 Å². The molecule has 2 saturated heterocycles. The molecular formula is C13H25ClN2O2S. The van der Waals surface area contributed by atoms with Gasteiger partial charge in [-0.1, -0.05) is 0 Å². The molecule has 1 amide bonds. The van der Waals surface area contributed by atoms with Crippen LogP contribution >= 0.6 is 24.2 Å². The molecule has 2 fully saturated rings. The quantitative estimate of drug-likeness (QED) is 0.836. The van der Waals surface area contributed by atoms with Crippen LogP contribution in [0.4, 0.5) is 0 Å². The highest BCUT2D eigenvalue weighted by Crippen LogP contribution is 2.15. The zero-order valence-electron chi connectivity index (χ0n) is 11.6. The van der Waals surface area contributed by atoms with Crippen molar-refractivity contribution in [2.45, 2.75) is 38.3 Å². The summed E-state index contributed by atoms with van der Waals surface area (Å²) in [7, 11) is 0. The molecule has 2 unspecified atom stereocenters. The van der Waals surface area contributed by atoms with Crippen molar-refractivity contribution in [1.29, 1.82) is 0 Å². The maximum Gasteiger partial charge on any atom is 0.224 e. The Morgan fingerprint density at radius 1 is 1.53 bits per heavy atom. The smallest absolute Gasteiger partial charge is 0.224 e. The Morgan fingerprint density at radius 3 is 2.95 bits per heavy atom. The van der Waals surface area contributed by atoms with Crippen molar-refractivity contribution in [3.05, 3.63) is 0 Å². The van der Waals surface area contributed by atoms with Crippen LogP contribution in [0.25, 0.3) is 0 Å². The number of likely N-dealkylation sites (N-methyl/N-ethyl adjacent to an activating group) is 1. The van der Waals surface area contributed by atoms with Gasteiger partial charge < -0.3 is 15.0 Å². The van der Waals surface area contributed by atoms with Crippen molar-refractivity contribution in [3.8, 4) is 0 Å². The lowest BCUT2D eigenvalue weighted by Crippen LogP contribution is -2.44. The van der Waals surface area contributed by atoms with Gasteiger partial charge in [0.25, 0.3) is 0 Å². The predicted molar refractivity (Wildman–Crippen MR) is 82.2 cm³/mol. The van der Waals surface area contributed by atoms with E-state index >= 15 is 0 Å². The Kier molecular flexibility index (Phi) is 8.14. The van der Waals surface area contributed by atoms with Crippen LogP contribution in [0.15, 0.2) is 0 Å². The minimum absolute atomic E-state index is 0. The van der Waals surface area contributed by atoms with Crippen LogP contribution in [0.2, 0.25) is 0 Å². The molecule has 2 heterocycles. The predicted octanol–water partition coefficient (Wildman–Crippen LogP) is 1.53. The lowest BCUT2D eigenvalue weighted by Gasteiger charge is -2.28. The second-order valence-electron chi connectivity index (χ2n) is 5.00. The molecule has 0 spiro atoms. The van der Waals surface area contributed by atoms with Gasteiger partial charge >= 0.3 is 0 Å². The summed E-state index contributed by atoms with van der Waals surface area (Å²) in [6.45, 7) is 5.50. The number of carbonyl (C=O) groups is 1. The molecule has 0 bridgehead atoms. The summed E-state index contributed by atoms with van der Waals surface area (Å²) in [6, 6.07) is 0.356. The highest BCUT2D eigenvalue weighted by molar-refractivity contribution is 7.99. The maximum absolute atomic E-state index is 12.3. The number of hydrogen-bond donors (Lipinski definition) is 1. The van der Waals surface area contributed by atoms with Crippen molar-refractivity contribution in [3.63, 3.8) is 0 Å². The molecule has 2 rings (SSSR count). The number of nitrogens with zero attached hydrogens (tertiary/aromatic N) is 1. The molecule has 112 valence electrons. The molecule has 0 radical (unpaired) electrons. The van der Waals surface area contributed by atoms with Crippen LogP contribution in [0.1, 0.15) is 26.2 Å². The zero-order chi connectivity index (χ0) is 12.8. The summed E-state index contributed by atoms with van der Waals surface area (Å²) in [5.74, 6) is 2.49. The van der Waals surface area contributed by atoms with Gasteiger partial charge in [-0.25, -0.2) is 0 Å². The summed E-state index contributed by atoms with van der Waals surface area (Å²) < 4.78 is 5.61. The number of nitrogens with one attached hydrogen (secondary N) is 1. The van der Waals surface area contributed by atoms with E-state index in [0.717, 1.165) is 50.6 Å². The maximum atomic E-state index is 12.3. The largest absolute Gasteiger partial charge is 0.376 e. The van der Waals surface area contributed by atoms with Crippen LogP contribution in [-0.2, 0) is 9.53 Å². The lowest BCUT2D eigenvalue weighted by molar-refractivity contribution is -0.133. The van der Waals surface area contributed by atoms with E-state index in [1.807, 2.05) is 16.7 Å². The van der Waals surface area contributed by atoms with Crippen LogP contribution in [0.3, 0.4) is 0 Å². The van der Waals surface area contributed by atoms with Gasteiger partial charge in [-0.05, 0) is 19.8 Å². The van der Waals surface area contributed by atoms with Crippen molar-refractivity contribution >= 4 is 30.1 Å². The van der Waals surface area contributed by atoms with E-state index in [0.29, 0.717) is 12.5 Å². The molecular weight excluding hydrogens is 284 g/mol. The van der Waals surface area contributed by atoms with E-state index in [1.54, 1.807) is 0 Å². The Morgan fingerprint density at radius 2 is 2.37 bits per heavy atom. The second kappa shape index (κ2) is 9.06. The Hall–Kier alpha value is 0.0300. The molecule has 0 aromatic carbocycles. The molecule has 0 aliphatic carbocycles. The second-order valence-corrected chi connectivity index (χ2v) is 6.15. The minimum Gasteiger partial charge on any atom is -0.376 e. The van der Waals surface area contributed by atoms with E-state index in [4.69, 9.17) is 4.74 Å². The normalized spacial score (nSPS) is 26.8. The van der Waals surface area contributed by atoms with Gasteiger partial charge in [0, 0.05) is 50.2 Å². The molecule has 1 N–H and O–H groups in total. The van der Waals surface area contributed by atoms with E-state index < -0.39 is 0 Å². The van der Waals surface area contributed by atoms with Gasteiger partial charge in [0.2, 0.25) is 5.91 Å². The van der Waals surface area contributed by atoms with Gasteiger partial charge in [0.15, 0.2) is 0 Å². The zero-order valence-corrected chi connectivity index (χ0v) is 13.2. The molecule has 19 heavy (non-hydrogen) atoms. The fraction of sp³-hybridized carbons (Fsp3) is 0.923. The summed E-state index contributed by atoms with van der Waals surface area (Å²) in [6.07, 6.45) is 3.13. The Labute approximate surface area is 126 Å². The standard InChI is InChI=1S/C13H24N2O2S.ClH/c1-2-15(9-12-4-3-6-17-12)13(16)8-11-10-18-7-5-14-11;/h11-12,14H,2-10H2,1H3;1H. The summed E-state index contributed by atoms with van der Waals surface area (Å²) >= 11 is 1.94. The first-order chi connectivity index (χ1) is 8.79. The number of rotatable bonds is 5. The lowest BCUT2D eigenvalue weighted by atomic mass is 10.2. The third-order valence-electron chi connectivity index (χ3n) is 3.60. The number of ether oxygens (including phenoxy) is 1. The van der Waals surface area contributed by atoms with Crippen molar-refractivity contribution in [2.24, 2.45) is 0 Å². The van der Waals surface area contributed by atoms with Crippen LogP contribution in [0.5, 0.6) is 0 Å². The van der Waals surface area contributed by atoms with Crippen molar-refractivity contribution in [1.82, 2.24) is 10.2 Å². The van der Waals surface area contributed by atoms with Gasteiger partial charge in [-0.15, -0.1) is 12.4 Å². The SMILES string of the molecule is CCN(CC1CCCO1)C(=O)CC1CSCCN1.Cl. The highest BCUT2D eigenvalue weighted by atomic mass is 35.5. The first-order valence-electron chi connectivity index (χ1n) is 7.00. The van der Waals surface area contributed by atoms with Gasteiger partial charge in [-0.3, -0.25) is 4.79 Å². The molecule has 0 saturated carbocycles. The third kappa shape index (κ3) is 5.50. The third-order valence-corrected chi connectivity index (χ3v) is 4.73. The number of hydrogen-bond acceptors (Lipinski definition) is 4. The Bertz CT molecular complexity index is 269. The van der Waals surface area contributed by atoms with Crippen molar-refractivity contribution in [2.75, 3.05) is 37.7 Å². The average molecular weight is 309 g/mol. The van der Waals surface area contributed by atoms with Crippen LogP contribution < -0.4 is 5.32 Å². The number of halogens is 1. The van der Waals surface area contributed by atoms with E-state index in [1.165, 1.54) is 0 Å². The summed E-state index contributed by atoms with van der Waals surface area (Å²) in [4.78, 5) is 14.2. The molecule has 2 aliphatic rings. The fourth-order valence-electron chi connectivity index (χ4n) is 2.53. The highest BCUT2D eigenvalue weighted by Gasteiger charge is 2.24. The van der Waals surface area contributed by atoms with Crippen LogP contribution in [0, 0.1) is 0 Å². The van der Waals surface area contributed by atoms with E-state index in [-0.39, 0.29) is 24.4 Å². The molecule has 2 atom stereocenters. The molecule has 0 aromatic heterocycles. The monoisotopic (exact) mass is 308 g/mol. The molecule has 0 aromatic rings. The van der Waals surface area contributed by atoms with Crippen LogP contribution in [-0.4, -0.2) is 60.7 Å². The molecule has 2 aliphatic heterocycles. The van der Waals surface area contributed by atoms with Crippen molar-refractivity contribution < 1.29 is 9.53 Å². The average Bonchev–Trinajstić information content (AvgIpc) is 2.90. The van der Waals surface area contributed by atoms with Gasteiger partial charge in [-0.2, -0.15) is 11.8 Å². The first-order valence-corrected chi connectivity index (χ1v) is 8.15. The number of carbonyl (C=O) groups excluding carboxylic acids is 1. The van der Waals surface area contributed by atoms with Gasteiger partial charge in [0.05, 0.1) is 6.10 Å². The first kappa shape index (κ1) is 17.1.